The lowest BCUT2D eigenvalue weighted by Gasteiger charge is -2.18. The minimum Gasteiger partial charge on any atom is -0.497 e. The van der Waals surface area contributed by atoms with Crippen LogP contribution in [0.3, 0.4) is 0 Å². The highest BCUT2D eigenvalue weighted by atomic mass is 35.5. The highest BCUT2D eigenvalue weighted by molar-refractivity contribution is 6.17. The van der Waals surface area contributed by atoms with Crippen LogP contribution in [0.25, 0.3) is 10.9 Å². The highest BCUT2D eigenvalue weighted by Gasteiger charge is 2.23. The molecule has 2 aromatic heterocycles. The first-order valence-corrected chi connectivity index (χ1v) is 9.30. The quantitative estimate of drug-likeness (QED) is 0.404. The van der Waals surface area contributed by atoms with Crippen molar-refractivity contribution in [1.29, 1.82) is 0 Å². The van der Waals surface area contributed by atoms with E-state index in [9.17, 15) is 4.79 Å². The van der Waals surface area contributed by atoms with Gasteiger partial charge in [-0.1, -0.05) is 24.3 Å². The first-order valence-electron chi connectivity index (χ1n) is 9.30. The fourth-order valence-electron chi connectivity index (χ4n) is 3.84. The van der Waals surface area contributed by atoms with Crippen LogP contribution < -0.4 is 4.74 Å². The van der Waals surface area contributed by atoms with Crippen LogP contribution in [0.2, 0.25) is 0 Å². The number of hydrogen-bond donors (Lipinski definition) is 0. The Morgan fingerprint density at radius 1 is 1.03 bits per heavy atom. The third-order valence-corrected chi connectivity index (χ3v) is 5.29. The molecule has 0 saturated heterocycles. The van der Waals surface area contributed by atoms with E-state index in [1.54, 1.807) is 13.3 Å². The Bertz CT molecular complexity index is 1130. The van der Waals surface area contributed by atoms with Gasteiger partial charge in [0.2, 0.25) is 0 Å². The number of rotatable bonds is 5. The second kappa shape index (κ2) is 8.50. The summed E-state index contributed by atoms with van der Waals surface area (Å²) in [7, 11) is 1.62. The molecule has 1 atom stereocenters. The topological polar surface area (TPSA) is 44.1 Å². The third kappa shape index (κ3) is 3.64. The fraction of sp³-hybridized carbons (Fsp3) is 0.167. The summed E-state index contributed by atoms with van der Waals surface area (Å²) in [5.41, 5.74) is 4.51. The average molecular weight is 407 g/mol. The molecular formula is C24H23ClN2O2. The van der Waals surface area contributed by atoms with Crippen LogP contribution in [0, 0.1) is 6.92 Å². The third-order valence-electron chi connectivity index (χ3n) is 5.29. The zero-order valence-corrected chi connectivity index (χ0v) is 17.4. The molecule has 0 spiro atoms. The molecule has 4 rings (SSSR count). The maximum Gasteiger partial charge on any atom is 0.195 e. The van der Waals surface area contributed by atoms with Gasteiger partial charge in [0, 0.05) is 34.6 Å². The SMILES string of the molecule is COc1ccc(C(=O)c2c(C)n(C(C)c3cccnc3)c3ccccc23)cc1.Cl. The van der Waals surface area contributed by atoms with Crippen molar-refractivity contribution in [2.45, 2.75) is 19.9 Å². The molecule has 0 radical (unpaired) electrons. The summed E-state index contributed by atoms with van der Waals surface area (Å²) in [6.07, 6.45) is 3.65. The van der Waals surface area contributed by atoms with E-state index in [2.05, 4.69) is 28.6 Å². The number of methoxy groups -OCH3 is 1. The van der Waals surface area contributed by atoms with Crippen molar-refractivity contribution in [2.24, 2.45) is 0 Å². The molecule has 148 valence electrons. The second-order valence-electron chi connectivity index (χ2n) is 6.87. The van der Waals surface area contributed by atoms with Gasteiger partial charge >= 0.3 is 0 Å². The first kappa shape index (κ1) is 20.6. The molecule has 0 N–H and O–H groups in total. The molecule has 29 heavy (non-hydrogen) atoms. The first-order chi connectivity index (χ1) is 13.6. The lowest BCUT2D eigenvalue weighted by molar-refractivity contribution is 0.103. The number of nitrogens with zero attached hydrogens (tertiary/aromatic N) is 2. The number of ether oxygens (including phenoxy) is 1. The van der Waals surface area contributed by atoms with Gasteiger partial charge in [-0.25, -0.2) is 0 Å². The van der Waals surface area contributed by atoms with Gasteiger partial charge in [0.1, 0.15) is 5.75 Å². The van der Waals surface area contributed by atoms with E-state index in [1.165, 1.54) is 0 Å². The number of halogens is 1. The normalized spacial score (nSPS) is 11.7. The van der Waals surface area contributed by atoms with E-state index < -0.39 is 0 Å². The van der Waals surface area contributed by atoms with E-state index in [0.717, 1.165) is 33.5 Å². The summed E-state index contributed by atoms with van der Waals surface area (Å²) in [5, 5.41) is 0.969. The van der Waals surface area contributed by atoms with Crippen molar-refractivity contribution in [3.05, 3.63) is 95.4 Å². The molecule has 0 saturated carbocycles. The number of aromatic nitrogens is 2. The van der Waals surface area contributed by atoms with E-state index in [-0.39, 0.29) is 24.2 Å². The van der Waals surface area contributed by atoms with Gasteiger partial charge in [-0.3, -0.25) is 9.78 Å². The van der Waals surface area contributed by atoms with Gasteiger partial charge in [0.15, 0.2) is 5.78 Å². The molecule has 0 aliphatic rings. The number of carbonyl (C=O) groups excluding carboxylic acids is 1. The van der Waals surface area contributed by atoms with Crippen LogP contribution in [-0.4, -0.2) is 22.4 Å². The summed E-state index contributed by atoms with van der Waals surface area (Å²) in [4.78, 5) is 17.6. The predicted molar refractivity (Wildman–Crippen MR) is 118 cm³/mol. The van der Waals surface area contributed by atoms with Gasteiger partial charge in [-0.15, -0.1) is 12.4 Å². The summed E-state index contributed by atoms with van der Waals surface area (Å²) in [5.74, 6) is 0.759. The molecule has 4 aromatic rings. The number of fused-ring (bicyclic) bond motifs is 1. The van der Waals surface area contributed by atoms with Crippen LogP contribution in [-0.2, 0) is 0 Å². The molecule has 0 amide bonds. The number of ketones is 1. The number of para-hydroxylation sites is 1. The predicted octanol–water partition coefficient (Wildman–Crippen LogP) is 5.62. The maximum atomic E-state index is 13.4. The Hall–Kier alpha value is -3.11. The monoisotopic (exact) mass is 406 g/mol. The van der Waals surface area contributed by atoms with Crippen LogP contribution >= 0.6 is 12.4 Å². The van der Waals surface area contributed by atoms with E-state index in [1.807, 2.05) is 61.7 Å². The maximum absolute atomic E-state index is 13.4. The Labute approximate surface area is 176 Å². The fourth-order valence-corrected chi connectivity index (χ4v) is 3.84. The van der Waals surface area contributed by atoms with Crippen LogP contribution in [0.5, 0.6) is 5.75 Å². The average Bonchev–Trinajstić information content (AvgIpc) is 3.05. The van der Waals surface area contributed by atoms with Gasteiger partial charge < -0.3 is 9.30 Å². The Balaban J connectivity index is 0.00000240. The van der Waals surface area contributed by atoms with Crippen molar-refractivity contribution < 1.29 is 9.53 Å². The van der Waals surface area contributed by atoms with Crippen molar-refractivity contribution in [3.8, 4) is 5.75 Å². The highest BCUT2D eigenvalue weighted by Crippen LogP contribution is 2.33. The second-order valence-corrected chi connectivity index (χ2v) is 6.87. The summed E-state index contributed by atoms with van der Waals surface area (Å²) >= 11 is 0. The molecule has 2 aromatic carbocycles. The van der Waals surface area contributed by atoms with Gasteiger partial charge in [0.25, 0.3) is 0 Å². The molecule has 0 aliphatic heterocycles. The smallest absolute Gasteiger partial charge is 0.195 e. The molecule has 5 heteroatoms. The summed E-state index contributed by atoms with van der Waals surface area (Å²) < 4.78 is 7.44. The minimum absolute atomic E-state index is 0. The number of pyridine rings is 1. The molecule has 2 heterocycles. The minimum atomic E-state index is 0. The molecule has 1 unspecified atom stereocenters. The van der Waals surface area contributed by atoms with Crippen LogP contribution in [0.4, 0.5) is 0 Å². The van der Waals surface area contributed by atoms with Crippen molar-refractivity contribution in [2.75, 3.05) is 7.11 Å². The van der Waals surface area contributed by atoms with Crippen molar-refractivity contribution >= 4 is 29.1 Å². The molecule has 4 nitrogen and oxygen atoms in total. The van der Waals surface area contributed by atoms with Crippen molar-refractivity contribution in [3.63, 3.8) is 0 Å². The largest absolute Gasteiger partial charge is 0.497 e. The van der Waals surface area contributed by atoms with Gasteiger partial charge in [0.05, 0.1) is 18.7 Å². The Morgan fingerprint density at radius 3 is 2.41 bits per heavy atom. The lowest BCUT2D eigenvalue weighted by Crippen LogP contribution is -2.10. The molecule has 0 fully saturated rings. The van der Waals surface area contributed by atoms with Gasteiger partial charge in [-0.05, 0) is 55.8 Å². The number of hydrogen-bond acceptors (Lipinski definition) is 3. The zero-order valence-electron chi connectivity index (χ0n) is 16.6. The van der Waals surface area contributed by atoms with Crippen LogP contribution in [0.1, 0.15) is 40.1 Å². The van der Waals surface area contributed by atoms with E-state index in [4.69, 9.17) is 4.74 Å². The Morgan fingerprint density at radius 2 is 1.76 bits per heavy atom. The van der Waals surface area contributed by atoms with Crippen molar-refractivity contribution in [1.82, 2.24) is 9.55 Å². The molecule has 0 bridgehead atoms. The van der Waals surface area contributed by atoms with E-state index in [0.29, 0.717) is 5.56 Å². The van der Waals surface area contributed by atoms with Gasteiger partial charge in [-0.2, -0.15) is 0 Å². The Kier molecular flexibility index (Phi) is 6.04. The molecular weight excluding hydrogens is 384 g/mol. The number of benzene rings is 2. The lowest BCUT2D eigenvalue weighted by atomic mass is 10.0. The zero-order chi connectivity index (χ0) is 19.7. The number of carbonyl (C=O) groups is 1. The van der Waals surface area contributed by atoms with Crippen LogP contribution in [0.15, 0.2) is 73.1 Å². The molecule has 0 aliphatic carbocycles. The summed E-state index contributed by atoms with van der Waals surface area (Å²) in [6.45, 7) is 4.15. The van der Waals surface area contributed by atoms with E-state index >= 15 is 0 Å². The standard InChI is InChI=1S/C24H22N2O2.ClH/c1-16(19-7-6-14-25-15-19)26-17(2)23(21-8-4-5-9-22(21)26)24(27)18-10-12-20(28-3)13-11-18;/h4-16H,1-3H3;1H. The summed E-state index contributed by atoms with van der Waals surface area (Å²) in [6, 6.07) is 19.4.